The third-order valence-corrected chi connectivity index (χ3v) is 6.65. The Kier molecular flexibility index (Phi) is 6.46. The quantitative estimate of drug-likeness (QED) is 0.417. The molecule has 33 heavy (non-hydrogen) atoms. The predicted octanol–water partition coefficient (Wildman–Crippen LogP) is 5.51. The van der Waals surface area contributed by atoms with Crippen LogP contribution in [0.3, 0.4) is 0 Å². The molecule has 6 heteroatoms. The molecule has 4 aromatic rings. The largest absolute Gasteiger partial charge is 0.335 e. The van der Waals surface area contributed by atoms with Gasteiger partial charge in [0.1, 0.15) is 5.69 Å². The Balaban J connectivity index is 1.16. The van der Waals surface area contributed by atoms with Crippen LogP contribution in [0.4, 0.5) is 10.8 Å². The normalized spacial score (nSPS) is 14.7. The zero-order chi connectivity index (χ0) is 22.5. The van der Waals surface area contributed by atoms with Gasteiger partial charge in [0.25, 0.3) is 5.91 Å². The van der Waals surface area contributed by atoms with E-state index in [1.54, 1.807) is 0 Å². The number of fused-ring (bicyclic) bond motifs is 1. The van der Waals surface area contributed by atoms with E-state index in [1.165, 1.54) is 22.3 Å². The van der Waals surface area contributed by atoms with Crippen molar-refractivity contribution in [1.82, 2.24) is 14.8 Å². The number of anilines is 2. The molecule has 166 valence electrons. The number of piperazine rings is 1. The maximum absolute atomic E-state index is 13.0. The number of carbonyl (C=O) groups excluding carboxylic acids is 1. The van der Waals surface area contributed by atoms with Gasteiger partial charge in [0.05, 0.1) is 0 Å². The molecule has 2 heterocycles. The van der Waals surface area contributed by atoms with Gasteiger partial charge in [0, 0.05) is 49.2 Å². The fourth-order valence-corrected chi connectivity index (χ4v) is 4.77. The topological polar surface area (TPSA) is 48.5 Å². The van der Waals surface area contributed by atoms with Gasteiger partial charge in [0.15, 0.2) is 5.13 Å². The number of amides is 1. The molecule has 0 radical (unpaired) electrons. The van der Waals surface area contributed by atoms with E-state index in [4.69, 9.17) is 0 Å². The van der Waals surface area contributed by atoms with Gasteiger partial charge in [-0.05, 0) is 17.0 Å². The van der Waals surface area contributed by atoms with Gasteiger partial charge >= 0.3 is 0 Å². The minimum atomic E-state index is 0.0108. The first-order valence-corrected chi connectivity index (χ1v) is 12.1. The molecule has 3 aromatic carbocycles. The van der Waals surface area contributed by atoms with Crippen molar-refractivity contribution in [2.45, 2.75) is 0 Å². The van der Waals surface area contributed by atoms with E-state index >= 15 is 0 Å². The molecule has 1 aliphatic rings. The average molecular weight is 455 g/mol. The van der Waals surface area contributed by atoms with Crippen molar-refractivity contribution in [3.05, 3.63) is 95.5 Å². The van der Waals surface area contributed by atoms with Crippen molar-refractivity contribution in [3.8, 4) is 0 Å². The van der Waals surface area contributed by atoms with Gasteiger partial charge in [-0.3, -0.25) is 9.69 Å². The maximum atomic E-state index is 13.0. The van der Waals surface area contributed by atoms with Crippen LogP contribution in [0.2, 0.25) is 0 Å². The third kappa shape index (κ3) is 5.13. The molecule has 1 fully saturated rings. The Morgan fingerprint density at radius 1 is 0.939 bits per heavy atom. The zero-order valence-corrected chi connectivity index (χ0v) is 19.2. The highest BCUT2D eigenvalue weighted by atomic mass is 32.1. The molecular weight excluding hydrogens is 428 g/mol. The van der Waals surface area contributed by atoms with Gasteiger partial charge in [-0.25, -0.2) is 4.98 Å². The molecule has 5 nitrogen and oxygen atoms in total. The highest BCUT2D eigenvalue weighted by Crippen LogP contribution is 2.28. The highest BCUT2D eigenvalue weighted by molar-refractivity contribution is 7.14. The summed E-state index contributed by atoms with van der Waals surface area (Å²) in [5.74, 6) is 0.0108. The third-order valence-electron chi connectivity index (χ3n) is 5.89. The van der Waals surface area contributed by atoms with Gasteiger partial charge in [-0.2, -0.15) is 0 Å². The SMILES string of the molecule is O=C(c1csc(Nc2cccc3ccccc23)n1)N1CCN(C/C=C/c2ccccc2)CC1. The molecule has 0 unspecified atom stereocenters. The molecule has 0 bridgehead atoms. The van der Waals surface area contributed by atoms with Crippen molar-refractivity contribution in [3.63, 3.8) is 0 Å². The maximum Gasteiger partial charge on any atom is 0.273 e. The van der Waals surface area contributed by atoms with E-state index in [2.05, 4.69) is 57.7 Å². The van der Waals surface area contributed by atoms with Gasteiger partial charge in [0.2, 0.25) is 0 Å². The molecule has 0 saturated carbocycles. The first kappa shape index (κ1) is 21.4. The first-order chi connectivity index (χ1) is 16.3. The predicted molar refractivity (Wildman–Crippen MR) is 137 cm³/mol. The Bertz CT molecular complexity index is 1250. The van der Waals surface area contributed by atoms with Crippen molar-refractivity contribution in [2.24, 2.45) is 0 Å². The van der Waals surface area contributed by atoms with Gasteiger partial charge < -0.3 is 10.2 Å². The van der Waals surface area contributed by atoms with E-state index in [0.29, 0.717) is 5.69 Å². The molecule has 1 amide bonds. The van der Waals surface area contributed by atoms with Crippen LogP contribution in [0.5, 0.6) is 0 Å². The minimum Gasteiger partial charge on any atom is -0.335 e. The van der Waals surface area contributed by atoms with Gasteiger partial charge in [-0.1, -0.05) is 78.9 Å². The van der Waals surface area contributed by atoms with E-state index in [-0.39, 0.29) is 5.91 Å². The summed E-state index contributed by atoms with van der Waals surface area (Å²) < 4.78 is 0. The summed E-state index contributed by atoms with van der Waals surface area (Å²) in [5.41, 5.74) is 2.72. The zero-order valence-electron chi connectivity index (χ0n) is 18.4. The first-order valence-electron chi connectivity index (χ1n) is 11.2. The molecule has 1 aliphatic heterocycles. The number of thiazole rings is 1. The second kappa shape index (κ2) is 9.98. The fourth-order valence-electron chi connectivity index (χ4n) is 4.08. The van der Waals surface area contributed by atoms with Crippen LogP contribution in [-0.2, 0) is 0 Å². The van der Waals surface area contributed by atoms with Crippen LogP contribution >= 0.6 is 11.3 Å². The molecule has 1 N–H and O–H groups in total. The fraction of sp³-hybridized carbons (Fsp3) is 0.185. The standard InChI is InChI=1S/C27H26N4OS/c32-26(31-18-16-30(17-19-31)15-7-10-21-8-2-1-3-9-21)25-20-33-27(29-25)28-24-14-6-12-22-11-4-5-13-23(22)24/h1-14,20H,15-19H2,(H,28,29)/b10-7+. The monoisotopic (exact) mass is 454 g/mol. The summed E-state index contributed by atoms with van der Waals surface area (Å²) in [6, 6.07) is 24.7. The number of hydrogen-bond donors (Lipinski definition) is 1. The summed E-state index contributed by atoms with van der Waals surface area (Å²) in [5, 5.41) is 8.29. The van der Waals surface area contributed by atoms with Crippen molar-refractivity contribution < 1.29 is 4.79 Å². The molecule has 0 spiro atoms. The molecular formula is C27H26N4OS. The lowest BCUT2D eigenvalue weighted by atomic mass is 10.1. The Morgan fingerprint density at radius 3 is 2.55 bits per heavy atom. The number of benzene rings is 3. The van der Waals surface area contributed by atoms with Crippen molar-refractivity contribution in [1.29, 1.82) is 0 Å². The lowest BCUT2D eigenvalue weighted by molar-refractivity contribution is 0.0645. The smallest absolute Gasteiger partial charge is 0.273 e. The average Bonchev–Trinajstić information content (AvgIpc) is 3.33. The number of nitrogens with zero attached hydrogens (tertiary/aromatic N) is 3. The number of hydrogen-bond acceptors (Lipinski definition) is 5. The highest BCUT2D eigenvalue weighted by Gasteiger charge is 2.23. The van der Waals surface area contributed by atoms with Crippen molar-refractivity contribution in [2.75, 3.05) is 38.0 Å². The second-order valence-corrected chi connectivity index (χ2v) is 8.95. The molecule has 0 aliphatic carbocycles. The molecule has 1 aromatic heterocycles. The van der Waals surface area contributed by atoms with Gasteiger partial charge in [-0.15, -0.1) is 11.3 Å². The Hall–Kier alpha value is -3.48. The number of rotatable bonds is 6. The lowest BCUT2D eigenvalue weighted by Crippen LogP contribution is -2.48. The van der Waals surface area contributed by atoms with E-state index in [0.717, 1.165) is 48.9 Å². The molecule has 5 rings (SSSR count). The summed E-state index contributed by atoms with van der Waals surface area (Å²) >= 11 is 1.47. The van der Waals surface area contributed by atoms with Crippen molar-refractivity contribution >= 4 is 44.9 Å². The number of aromatic nitrogens is 1. The summed E-state index contributed by atoms with van der Waals surface area (Å²) in [4.78, 5) is 21.9. The molecule has 1 saturated heterocycles. The van der Waals surface area contributed by atoms with E-state index < -0.39 is 0 Å². The second-order valence-electron chi connectivity index (χ2n) is 8.10. The van der Waals surface area contributed by atoms with Crippen LogP contribution in [0.1, 0.15) is 16.1 Å². The minimum absolute atomic E-state index is 0.0108. The Morgan fingerprint density at radius 2 is 1.70 bits per heavy atom. The lowest BCUT2D eigenvalue weighted by Gasteiger charge is -2.33. The van der Waals surface area contributed by atoms with Crippen LogP contribution < -0.4 is 5.32 Å². The molecule has 0 atom stereocenters. The summed E-state index contributed by atoms with van der Waals surface area (Å²) in [6.45, 7) is 4.09. The van der Waals surface area contributed by atoms with E-state index in [1.807, 2.05) is 52.7 Å². The van der Waals surface area contributed by atoms with Crippen LogP contribution in [0.15, 0.2) is 84.3 Å². The summed E-state index contributed by atoms with van der Waals surface area (Å²) in [6.07, 6.45) is 4.34. The van der Waals surface area contributed by atoms with E-state index in [9.17, 15) is 4.79 Å². The number of nitrogens with one attached hydrogen (secondary N) is 1. The van der Waals surface area contributed by atoms with Crippen LogP contribution in [0, 0.1) is 0 Å². The Labute approximate surface area is 198 Å². The van der Waals surface area contributed by atoms with Crippen LogP contribution in [0.25, 0.3) is 16.8 Å². The summed E-state index contributed by atoms with van der Waals surface area (Å²) in [7, 11) is 0. The number of carbonyl (C=O) groups is 1. The van der Waals surface area contributed by atoms with Crippen LogP contribution in [-0.4, -0.2) is 53.4 Å².